The smallest absolute Gasteiger partial charge is 1.00 e. The van der Waals surface area contributed by atoms with Crippen molar-refractivity contribution in [1.29, 1.82) is 0 Å². The van der Waals surface area contributed by atoms with Crippen LogP contribution >= 0.6 is 22.6 Å². The van der Waals surface area contributed by atoms with Gasteiger partial charge in [0.05, 0.1) is 0 Å². The number of alkyl halides is 1. The maximum atomic E-state index is 3.47. The van der Waals surface area contributed by atoms with Gasteiger partial charge in [-0.2, -0.15) is 0 Å². The van der Waals surface area contributed by atoms with Gasteiger partial charge in [0.25, 0.3) is 0 Å². The van der Waals surface area contributed by atoms with Gasteiger partial charge < -0.3 is 2.85 Å². The van der Waals surface area contributed by atoms with Crippen LogP contribution < -0.4 is 0 Å². The van der Waals surface area contributed by atoms with E-state index < -0.39 is 0 Å². The van der Waals surface area contributed by atoms with Crippen molar-refractivity contribution in [1.82, 2.24) is 0 Å². The summed E-state index contributed by atoms with van der Waals surface area (Å²) in [6.45, 7) is 3.47. The maximum absolute atomic E-state index is 3.47. The molecule has 0 aliphatic rings. The topological polar surface area (TPSA) is 0 Å². The van der Waals surface area contributed by atoms with Crippen LogP contribution in [0, 0.1) is 0 Å². The molecule has 0 heterocycles. The summed E-state index contributed by atoms with van der Waals surface area (Å²) in [7, 11) is 0. The van der Waals surface area contributed by atoms with E-state index in [4.69, 9.17) is 0 Å². The summed E-state index contributed by atoms with van der Waals surface area (Å²) < 4.78 is 1.05. The Labute approximate surface area is 65.3 Å². The van der Waals surface area contributed by atoms with E-state index in [1.54, 1.807) is 0 Å². The number of hydrogen-bond donors (Lipinski definition) is 0. The zero-order valence-corrected chi connectivity index (χ0v) is 6.65. The van der Waals surface area contributed by atoms with Crippen LogP contribution in [0.3, 0.4) is 0 Å². The molecule has 0 saturated heterocycles. The van der Waals surface area contributed by atoms with E-state index in [1.165, 1.54) is 0 Å². The van der Waals surface area contributed by atoms with Crippen LogP contribution in [0.4, 0.5) is 0 Å². The van der Waals surface area contributed by atoms with Crippen LogP contribution in [0.15, 0.2) is 12.7 Å². The first kappa shape index (κ1) is 9.53. The average Bonchev–Trinajstić information content (AvgIpc) is 1.37. The summed E-state index contributed by atoms with van der Waals surface area (Å²) in [5, 5.41) is 0. The fourth-order valence-corrected chi connectivity index (χ4v) is 0. The molecule has 5 heavy (non-hydrogen) atoms. The summed E-state index contributed by atoms with van der Waals surface area (Å²) in [6.07, 6.45) is 1.86. The van der Waals surface area contributed by atoms with Gasteiger partial charge in [-0.1, -0.05) is 28.7 Å². The zero-order chi connectivity index (χ0) is 3.41. The van der Waals surface area contributed by atoms with E-state index in [2.05, 4.69) is 29.2 Å². The normalized spacial score (nSPS) is 5.00. The van der Waals surface area contributed by atoms with E-state index in [0.29, 0.717) is 0 Å². The molecule has 0 nitrogen and oxygen atoms in total. The molecule has 0 N–H and O–H groups in total. The molecular weight excluding hydrogens is 187 g/mol. The Hall–Kier alpha value is 1.24. The fraction of sp³-hybridized carbons (Fsp3) is 0.333. The maximum Gasteiger partial charge on any atom is 2.00 e. The second-order valence-electron chi connectivity index (χ2n) is 0.443. The van der Waals surface area contributed by atoms with Gasteiger partial charge in [0.15, 0.2) is 0 Å². The molecule has 0 amide bonds. The standard InChI is InChI=1S/C3H5I.Mg.2H/c1-2-3-4;;;/h2H,1,3H2;;;/q;+2;2*-1. The van der Waals surface area contributed by atoms with E-state index in [9.17, 15) is 0 Å². The summed E-state index contributed by atoms with van der Waals surface area (Å²) >= 11 is 2.23. The van der Waals surface area contributed by atoms with Crippen molar-refractivity contribution in [2.75, 3.05) is 4.43 Å². The Bertz CT molecular complexity index is 26.9. The predicted molar refractivity (Wildman–Crippen MR) is 37.1 cm³/mol. The van der Waals surface area contributed by atoms with Crippen molar-refractivity contribution in [3.05, 3.63) is 12.7 Å². The summed E-state index contributed by atoms with van der Waals surface area (Å²) in [5.41, 5.74) is 0. The van der Waals surface area contributed by atoms with Gasteiger partial charge in [-0.05, 0) is 0 Å². The number of rotatable bonds is 1. The minimum atomic E-state index is 0. The van der Waals surface area contributed by atoms with Crippen LogP contribution in [0.25, 0.3) is 0 Å². The van der Waals surface area contributed by atoms with Crippen LogP contribution in [-0.4, -0.2) is 27.5 Å². The molecule has 28 valence electrons. The monoisotopic (exact) mass is 194 g/mol. The molecule has 0 fully saturated rings. The Morgan fingerprint density at radius 2 is 2.20 bits per heavy atom. The van der Waals surface area contributed by atoms with Crippen molar-refractivity contribution >= 4 is 45.6 Å². The van der Waals surface area contributed by atoms with Crippen LogP contribution in [0.5, 0.6) is 0 Å². The average molecular weight is 194 g/mol. The molecule has 0 spiro atoms. The van der Waals surface area contributed by atoms with Crippen LogP contribution in [0.2, 0.25) is 0 Å². The second-order valence-corrected chi connectivity index (χ2v) is 1.32. The molecule has 0 saturated carbocycles. The molecule has 0 aliphatic heterocycles. The molecule has 0 radical (unpaired) electrons. The molecule has 0 aromatic carbocycles. The van der Waals surface area contributed by atoms with E-state index in [0.717, 1.165) is 4.43 Å². The largest absolute Gasteiger partial charge is 2.00 e. The quantitative estimate of drug-likeness (QED) is 0.256. The number of allylic oxidation sites excluding steroid dienone is 1. The molecule has 0 unspecified atom stereocenters. The first-order valence-electron chi connectivity index (χ1n) is 1.08. The van der Waals surface area contributed by atoms with Gasteiger partial charge in [0.2, 0.25) is 0 Å². The summed E-state index contributed by atoms with van der Waals surface area (Å²) in [6, 6.07) is 0. The number of hydrogen-bond acceptors (Lipinski definition) is 0. The molecule has 2 heteroatoms. The molecule has 0 bridgehead atoms. The molecule has 0 aromatic heterocycles. The summed E-state index contributed by atoms with van der Waals surface area (Å²) in [4.78, 5) is 0. The fourth-order valence-electron chi connectivity index (χ4n) is 0. The van der Waals surface area contributed by atoms with E-state index >= 15 is 0 Å². The predicted octanol–water partition coefficient (Wildman–Crippen LogP) is 1.45. The van der Waals surface area contributed by atoms with Crippen molar-refractivity contribution in [3.8, 4) is 0 Å². The minimum absolute atomic E-state index is 0. The van der Waals surface area contributed by atoms with E-state index in [-0.39, 0.29) is 25.9 Å². The van der Waals surface area contributed by atoms with Crippen molar-refractivity contribution in [2.24, 2.45) is 0 Å². The zero-order valence-electron chi connectivity index (χ0n) is 5.08. The molecule has 0 atom stereocenters. The van der Waals surface area contributed by atoms with Gasteiger partial charge in [0, 0.05) is 4.43 Å². The van der Waals surface area contributed by atoms with Crippen LogP contribution in [-0.2, 0) is 0 Å². The second kappa shape index (κ2) is 8.97. The Balaban J connectivity index is -0.0000000150. The summed E-state index contributed by atoms with van der Waals surface area (Å²) in [5.74, 6) is 0. The van der Waals surface area contributed by atoms with Crippen LogP contribution in [0.1, 0.15) is 2.85 Å². The molecular formula is C3H7IMg. The first-order valence-corrected chi connectivity index (χ1v) is 2.61. The van der Waals surface area contributed by atoms with Crippen molar-refractivity contribution in [2.45, 2.75) is 0 Å². The Morgan fingerprint density at radius 3 is 2.20 bits per heavy atom. The van der Waals surface area contributed by atoms with Crippen molar-refractivity contribution < 1.29 is 2.85 Å². The molecule has 0 aromatic rings. The van der Waals surface area contributed by atoms with Gasteiger partial charge >= 0.3 is 23.1 Å². The van der Waals surface area contributed by atoms with E-state index in [1.807, 2.05) is 6.08 Å². The van der Waals surface area contributed by atoms with Gasteiger partial charge in [-0.15, -0.1) is 6.58 Å². The first-order chi connectivity index (χ1) is 1.91. The van der Waals surface area contributed by atoms with Gasteiger partial charge in [0.1, 0.15) is 0 Å². The van der Waals surface area contributed by atoms with Crippen molar-refractivity contribution in [3.63, 3.8) is 0 Å². The molecule has 0 aliphatic carbocycles. The SMILES string of the molecule is C=CCI.[H-].[H-].[Mg+2]. The Kier molecular flexibility index (Phi) is 17.1. The molecule has 0 rings (SSSR count). The third kappa shape index (κ3) is 11.0. The van der Waals surface area contributed by atoms with Gasteiger partial charge in [-0.25, -0.2) is 0 Å². The third-order valence-electron chi connectivity index (χ3n) is 0.109. The minimum Gasteiger partial charge on any atom is -1.00 e. The third-order valence-corrected chi connectivity index (χ3v) is 0.732. The number of halogens is 1. The van der Waals surface area contributed by atoms with Gasteiger partial charge in [-0.3, -0.25) is 0 Å². The Morgan fingerprint density at radius 1 is 2.00 bits per heavy atom.